The van der Waals surface area contributed by atoms with E-state index in [0.29, 0.717) is 10.8 Å². The minimum atomic E-state index is -0.282. The molecule has 0 aromatic carbocycles. The molecule has 0 spiro atoms. The van der Waals surface area contributed by atoms with E-state index >= 15 is 0 Å². The fourth-order valence-electron chi connectivity index (χ4n) is 1.67. The van der Waals surface area contributed by atoms with Gasteiger partial charge >= 0.3 is 5.97 Å². The second kappa shape index (κ2) is 5.34. The number of aromatic amines is 1. The lowest BCUT2D eigenvalue weighted by atomic mass is 10.3. The van der Waals surface area contributed by atoms with Gasteiger partial charge in [0, 0.05) is 11.7 Å². The first kappa shape index (κ1) is 12.7. The normalized spacial score (nSPS) is 14.6. The van der Waals surface area contributed by atoms with E-state index in [1.165, 1.54) is 31.3 Å². The molecule has 2 aromatic heterocycles. The number of rotatable bonds is 5. The molecule has 1 aliphatic rings. The van der Waals surface area contributed by atoms with Gasteiger partial charge in [0.1, 0.15) is 10.7 Å². The Bertz CT molecular complexity index is 589. The summed E-state index contributed by atoms with van der Waals surface area (Å²) >= 11 is 2.97. The highest BCUT2D eigenvalue weighted by Gasteiger charge is 2.27. The zero-order valence-corrected chi connectivity index (χ0v) is 12.0. The van der Waals surface area contributed by atoms with Crippen LogP contribution in [-0.2, 0) is 10.5 Å². The number of nitrogens with one attached hydrogen (secondary N) is 1. The Balaban J connectivity index is 1.58. The van der Waals surface area contributed by atoms with Crippen LogP contribution in [0.5, 0.6) is 0 Å². The molecule has 1 aliphatic carbocycles. The molecule has 19 heavy (non-hydrogen) atoms. The summed E-state index contributed by atoms with van der Waals surface area (Å²) in [4.78, 5) is 16.4. The zero-order valence-electron chi connectivity index (χ0n) is 10.4. The molecule has 7 heteroatoms. The van der Waals surface area contributed by atoms with Crippen LogP contribution in [0.15, 0.2) is 16.6 Å². The van der Waals surface area contributed by atoms with Gasteiger partial charge in [-0.2, -0.15) is 0 Å². The van der Waals surface area contributed by atoms with Gasteiger partial charge in [0.25, 0.3) is 0 Å². The molecule has 1 fully saturated rings. The van der Waals surface area contributed by atoms with Gasteiger partial charge < -0.3 is 4.74 Å². The van der Waals surface area contributed by atoms with E-state index in [0.717, 1.165) is 22.3 Å². The molecular formula is C12H13N3O2S2. The maximum atomic E-state index is 11.3. The Morgan fingerprint density at radius 1 is 1.63 bits per heavy atom. The van der Waals surface area contributed by atoms with Crippen LogP contribution in [0.2, 0.25) is 0 Å². The Kier molecular flexibility index (Phi) is 3.56. The molecule has 0 bridgehead atoms. The van der Waals surface area contributed by atoms with Gasteiger partial charge in [-0.05, 0) is 29.9 Å². The molecule has 0 radical (unpaired) electrons. The van der Waals surface area contributed by atoms with Crippen molar-refractivity contribution in [2.75, 3.05) is 7.11 Å². The van der Waals surface area contributed by atoms with Crippen LogP contribution in [0.3, 0.4) is 0 Å². The van der Waals surface area contributed by atoms with E-state index in [1.807, 2.05) is 11.4 Å². The molecule has 0 aliphatic heterocycles. The van der Waals surface area contributed by atoms with Crippen molar-refractivity contribution in [3.63, 3.8) is 0 Å². The number of nitrogens with zero attached hydrogens (tertiary/aromatic N) is 2. The molecule has 0 amide bonds. The number of ether oxygens (including phenoxy) is 1. The number of esters is 1. The van der Waals surface area contributed by atoms with E-state index in [2.05, 4.69) is 19.9 Å². The average molecular weight is 295 g/mol. The monoisotopic (exact) mass is 295 g/mol. The van der Waals surface area contributed by atoms with Crippen molar-refractivity contribution >= 4 is 29.1 Å². The lowest BCUT2D eigenvalue weighted by Gasteiger charge is -1.93. The average Bonchev–Trinajstić information content (AvgIpc) is 3.00. The van der Waals surface area contributed by atoms with Crippen LogP contribution in [0, 0.1) is 0 Å². The van der Waals surface area contributed by atoms with Crippen molar-refractivity contribution in [3.05, 3.63) is 27.7 Å². The van der Waals surface area contributed by atoms with E-state index in [4.69, 9.17) is 0 Å². The number of hydrogen-bond donors (Lipinski definition) is 1. The molecule has 3 rings (SSSR count). The van der Waals surface area contributed by atoms with Crippen LogP contribution in [0.25, 0.3) is 0 Å². The first-order chi connectivity index (χ1) is 9.26. The number of methoxy groups -OCH3 is 1. The molecule has 100 valence electrons. The van der Waals surface area contributed by atoms with Crippen molar-refractivity contribution < 1.29 is 9.53 Å². The second-order valence-corrected chi connectivity index (χ2v) is 6.23. The smallest absolute Gasteiger partial charge is 0.348 e. The predicted molar refractivity (Wildman–Crippen MR) is 73.6 cm³/mol. The van der Waals surface area contributed by atoms with Crippen LogP contribution in [0.4, 0.5) is 0 Å². The number of carbonyl (C=O) groups is 1. The highest BCUT2D eigenvalue weighted by Crippen LogP contribution is 2.38. The van der Waals surface area contributed by atoms with Gasteiger partial charge in [-0.15, -0.1) is 16.4 Å². The summed E-state index contributed by atoms with van der Waals surface area (Å²) in [6, 6.07) is 1.86. The number of thiophene rings is 1. The molecule has 2 heterocycles. The van der Waals surface area contributed by atoms with Crippen molar-refractivity contribution in [1.82, 2.24) is 15.2 Å². The Morgan fingerprint density at radius 3 is 3.21 bits per heavy atom. The summed E-state index contributed by atoms with van der Waals surface area (Å²) in [5.41, 5.74) is 1.09. The Morgan fingerprint density at radius 2 is 2.47 bits per heavy atom. The maximum Gasteiger partial charge on any atom is 0.348 e. The largest absolute Gasteiger partial charge is 0.465 e. The van der Waals surface area contributed by atoms with E-state index < -0.39 is 0 Å². The SMILES string of the molecule is COC(=O)c1cc(CSc2n[nH]c(C3CC3)n2)cs1. The van der Waals surface area contributed by atoms with Gasteiger partial charge in [0.05, 0.1) is 7.11 Å². The standard InChI is InChI=1S/C12H13N3O2S2/c1-17-11(16)9-4-7(5-18-9)6-19-12-13-10(14-15-12)8-2-3-8/h4-5,8H,2-3,6H2,1H3,(H,13,14,15). The number of aromatic nitrogens is 3. The number of carbonyl (C=O) groups excluding carboxylic acids is 1. The summed E-state index contributed by atoms with van der Waals surface area (Å²) in [5.74, 6) is 2.07. The zero-order chi connectivity index (χ0) is 13.2. The van der Waals surface area contributed by atoms with E-state index in [-0.39, 0.29) is 5.97 Å². The number of hydrogen-bond acceptors (Lipinski definition) is 6. The molecule has 1 N–H and O–H groups in total. The highest BCUT2D eigenvalue weighted by molar-refractivity contribution is 7.98. The van der Waals surface area contributed by atoms with Gasteiger partial charge in [0.15, 0.2) is 0 Å². The highest BCUT2D eigenvalue weighted by atomic mass is 32.2. The Labute approximate surface area is 118 Å². The van der Waals surface area contributed by atoms with Crippen LogP contribution in [0.1, 0.15) is 39.8 Å². The molecule has 0 unspecified atom stereocenters. The molecule has 1 saturated carbocycles. The van der Waals surface area contributed by atoms with Gasteiger partial charge in [-0.25, -0.2) is 9.78 Å². The Hall–Kier alpha value is -1.34. The summed E-state index contributed by atoms with van der Waals surface area (Å²) in [6.07, 6.45) is 2.43. The molecule has 0 atom stereocenters. The lowest BCUT2D eigenvalue weighted by molar-refractivity contribution is 0.0606. The van der Waals surface area contributed by atoms with Crippen LogP contribution in [-0.4, -0.2) is 28.3 Å². The van der Waals surface area contributed by atoms with Crippen LogP contribution < -0.4 is 0 Å². The third-order valence-electron chi connectivity index (χ3n) is 2.85. The van der Waals surface area contributed by atoms with Crippen molar-refractivity contribution in [2.45, 2.75) is 29.7 Å². The number of thioether (sulfide) groups is 1. The quantitative estimate of drug-likeness (QED) is 0.678. The summed E-state index contributed by atoms with van der Waals surface area (Å²) < 4.78 is 4.68. The summed E-state index contributed by atoms with van der Waals surface area (Å²) in [6.45, 7) is 0. The lowest BCUT2D eigenvalue weighted by Crippen LogP contribution is -1.97. The predicted octanol–water partition coefficient (Wildman–Crippen LogP) is 2.82. The minimum Gasteiger partial charge on any atom is -0.465 e. The van der Waals surface area contributed by atoms with Crippen molar-refractivity contribution in [2.24, 2.45) is 0 Å². The first-order valence-corrected chi connectivity index (χ1v) is 7.83. The van der Waals surface area contributed by atoms with E-state index in [1.54, 1.807) is 11.8 Å². The molecule has 5 nitrogen and oxygen atoms in total. The minimum absolute atomic E-state index is 0.282. The molecular weight excluding hydrogens is 282 g/mol. The number of H-pyrrole nitrogens is 1. The van der Waals surface area contributed by atoms with Crippen molar-refractivity contribution in [3.8, 4) is 0 Å². The summed E-state index contributed by atoms with van der Waals surface area (Å²) in [7, 11) is 1.39. The van der Waals surface area contributed by atoms with Crippen molar-refractivity contribution in [1.29, 1.82) is 0 Å². The topological polar surface area (TPSA) is 67.9 Å². The fraction of sp³-hybridized carbons (Fsp3) is 0.417. The summed E-state index contributed by atoms with van der Waals surface area (Å²) in [5, 5.41) is 9.91. The first-order valence-electron chi connectivity index (χ1n) is 5.97. The van der Waals surface area contributed by atoms with Gasteiger partial charge in [-0.3, -0.25) is 5.10 Å². The molecule has 0 saturated heterocycles. The fourth-order valence-corrected chi connectivity index (χ4v) is 3.34. The van der Waals surface area contributed by atoms with Gasteiger partial charge in [0.2, 0.25) is 5.16 Å². The molecule has 2 aromatic rings. The van der Waals surface area contributed by atoms with Gasteiger partial charge in [-0.1, -0.05) is 11.8 Å². The second-order valence-electron chi connectivity index (χ2n) is 4.38. The maximum absolute atomic E-state index is 11.3. The van der Waals surface area contributed by atoms with Crippen LogP contribution >= 0.6 is 23.1 Å². The third kappa shape index (κ3) is 2.98. The van der Waals surface area contributed by atoms with E-state index in [9.17, 15) is 4.79 Å². The third-order valence-corrected chi connectivity index (χ3v) is 4.73.